The van der Waals surface area contributed by atoms with Gasteiger partial charge in [-0.15, -0.1) is 0 Å². The molecule has 2 N–H and O–H groups in total. The van der Waals surface area contributed by atoms with Crippen molar-refractivity contribution in [2.24, 2.45) is 0 Å². The number of carbonyl (C=O) groups excluding carboxylic acids is 2. The van der Waals surface area contributed by atoms with E-state index in [1.165, 1.54) is 16.7 Å². The second-order valence-electron chi connectivity index (χ2n) is 8.44. The zero-order valence-corrected chi connectivity index (χ0v) is 18.2. The summed E-state index contributed by atoms with van der Waals surface area (Å²) in [4.78, 5) is 25.2. The Balaban J connectivity index is 1.35. The van der Waals surface area contributed by atoms with Gasteiger partial charge in [0.1, 0.15) is 5.69 Å². The van der Waals surface area contributed by atoms with E-state index in [0.717, 1.165) is 23.9 Å². The van der Waals surface area contributed by atoms with E-state index >= 15 is 0 Å². The molecule has 2 amide bonds. The molecule has 2 aromatic carbocycles. The zero-order chi connectivity index (χ0) is 22.2. The predicted molar refractivity (Wildman–Crippen MR) is 124 cm³/mol. The van der Waals surface area contributed by atoms with Gasteiger partial charge in [-0.2, -0.15) is 5.10 Å². The lowest BCUT2D eigenvalue weighted by molar-refractivity contribution is 0.0950. The van der Waals surface area contributed by atoms with Crippen LogP contribution in [0.25, 0.3) is 10.9 Å². The van der Waals surface area contributed by atoms with Gasteiger partial charge in [0.2, 0.25) is 0 Å². The number of fused-ring (bicyclic) bond motifs is 3. The highest BCUT2D eigenvalue weighted by molar-refractivity contribution is 6.07. The molecule has 0 atom stereocenters. The molecule has 2 aromatic heterocycles. The molecule has 0 spiro atoms. The number of aromatic nitrogens is 3. The van der Waals surface area contributed by atoms with Crippen molar-refractivity contribution in [2.45, 2.75) is 33.4 Å². The first-order valence-electron chi connectivity index (χ1n) is 10.8. The van der Waals surface area contributed by atoms with Gasteiger partial charge >= 0.3 is 0 Å². The Hall–Kier alpha value is -3.87. The fraction of sp³-hybridized carbons (Fsp3) is 0.240. The molecular weight excluding hydrogens is 402 g/mol. The van der Waals surface area contributed by atoms with Crippen LogP contribution >= 0.6 is 0 Å². The SMILES string of the molecule is Cc1cc(C)cc(Cn2cc(NC(=O)c3ccc4cc5n(c4c3)CCCNC5=O)cn2)c1. The first kappa shape index (κ1) is 20.1. The molecule has 32 heavy (non-hydrogen) atoms. The maximum absolute atomic E-state index is 12.9. The van der Waals surface area contributed by atoms with Gasteiger partial charge in [0.15, 0.2) is 0 Å². The van der Waals surface area contributed by atoms with Gasteiger partial charge in [0.25, 0.3) is 11.8 Å². The van der Waals surface area contributed by atoms with Crippen LogP contribution in [0.2, 0.25) is 0 Å². The number of hydrogen-bond donors (Lipinski definition) is 2. The van der Waals surface area contributed by atoms with Crippen LogP contribution in [0.15, 0.2) is 54.9 Å². The average molecular weight is 428 g/mol. The van der Waals surface area contributed by atoms with Crippen molar-refractivity contribution in [2.75, 3.05) is 11.9 Å². The Morgan fingerprint density at radius 3 is 2.75 bits per heavy atom. The Morgan fingerprint density at radius 2 is 1.94 bits per heavy atom. The van der Waals surface area contributed by atoms with E-state index in [1.54, 1.807) is 12.3 Å². The third-order valence-corrected chi connectivity index (χ3v) is 5.76. The van der Waals surface area contributed by atoms with Crippen LogP contribution in [0.5, 0.6) is 0 Å². The lowest BCUT2D eigenvalue weighted by Gasteiger charge is -2.07. The number of amides is 2. The van der Waals surface area contributed by atoms with E-state index in [0.29, 0.717) is 30.0 Å². The van der Waals surface area contributed by atoms with E-state index in [-0.39, 0.29) is 11.8 Å². The number of carbonyl (C=O) groups is 2. The Labute approximate surface area is 186 Å². The van der Waals surface area contributed by atoms with Crippen LogP contribution in [0.4, 0.5) is 5.69 Å². The quantitative estimate of drug-likeness (QED) is 0.519. The average Bonchev–Trinajstić information content (AvgIpc) is 3.28. The van der Waals surface area contributed by atoms with Crippen molar-refractivity contribution in [3.63, 3.8) is 0 Å². The lowest BCUT2D eigenvalue weighted by atomic mass is 10.1. The van der Waals surface area contributed by atoms with Gasteiger partial charge in [-0.1, -0.05) is 35.4 Å². The molecule has 7 heteroatoms. The first-order chi connectivity index (χ1) is 15.5. The maximum Gasteiger partial charge on any atom is 0.267 e. The molecule has 0 saturated carbocycles. The lowest BCUT2D eigenvalue weighted by Crippen LogP contribution is -2.22. The van der Waals surface area contributed by atoms with Gasteiger partial charge in [-0.3, -0.25) is 14.3 Å². The van der Waals surface area contributed by atoms with Gasteiger partial charge in [0.05, 0.1) is 18.4 Å². The number of anilines is 1. The molecule has 4 aromatic rings. The molecule has 0 unspecified atom stereocenters. The normalized spacial score (nSPS) is 13.5. The number of aryl methyl sites for hydroxylation is 3. The first-order valence-corrected chi connectivity index (χ1v) is 10.8. The molecule has 1 aliphatic rings. The van der Waals surface area contributed by atoms with Gasteiger partial charge in [-0.05, 0) is 44.0 Å². The summed E-state index contributed by atoms with van der Waals surface area (Å²) < 4.78 is 3.81. The van der Waals surface area contributed by atoms with Gasteiger partial charge in [-0.25, -0.2) is 0 Å². The Morgan fingerprint density at radius 1 is 1.12 bits per heavy atom. The molecule has 0 radical (unpaired) electrons. The standard InChI is InChI=1S/C25H25N5O2/c1-16-8-17(2)10-18(9-16)14-29-15-21(13-27-29)28-24(31)20-5-4-19-11-23-25(32)26-6-3-7-30(23)22(19)12-20/h4-5,8-13,15H,3,6-7,14H2,1-2H3,(H,26,32)(H,28,31). The highest BCUT2D eigenvalue weighted by Gasteiger charge is 2.19. The van der Waals surface area contributed by atoms with E-state index < -0.39 is 0 Å². The van der Waals surface area contributed by atoms with Crippen LogP contribution in [0, 0.1) is 13.8 Å². The third-order valence-electron chi connectivity index (χ3n) is 5.76. The second kappa shape index (κ2) is 8.00. The molecule has 7 nitrogen and oxygen atoms in total. The fourth-order valence-electron chi connectivity index (χ4n) is 4.42. The molecule has 0 aliphatic carbocycles. The van der Waals surface area contributed by atoms with Gasteiger partial charge in [0, 0.05) is 35.8 Å². The summed E-state index contributed by atoms with van der Waals surface area (Å²) in [5.41, 5.74) is 6.34. The van der Waals surface area contributed by atoms with E-state index in [1.807, 2.05) is 33.6 Å². The monoisotopic (exact) mass is 427 g/mol. The van der Waals surface area contributed by atoms with Crippen molar-refractivity contribution in [3.8, 4) is 0 Å². The Bertz CT molecular complexity index is 1330. The van der Waals surface area contributed by atoms with Crippen molar-refractivity contribution < 1.29 is 9.59 Å². The Kier molecular flexibility index (Phi) is 5.01. The van der Waals surface area contributed by atoms with Crippen LogP contribution in [-0.2, 0) is 13.1 Å². The number of nitrogens with zero attached hydrogens (tertiary/aromatic N) is 3. The van der Waals surface area contributed by atoms with Crippen LogP contribution in [-0.4, -0.2) is 32.7 Å². The predicted octanol–water partition coefficient (Wildman–Crippen LogP) is 3.89. The van der Waals surface area contributed by atoms with E-state index in [4.69, 9.17) is 0 Å². The second-order valence-corrected chi connectivity index (χ2v) is 8.44. The van der Waals surface area contributed by atoms with Gasteiger partial charge < -0.3 is 15.2 Å². The number of benzene rings is 2. The molecule has 1 aliphatic heterocycles. The number of rotatable bonds is 4. The topological polar surface area (TPSA) is 81.0 Å². The van der Waals surface area contributed by atoms with Crippen LogP contribution in [0.3, 0.4) is 0 Å². The molecule has 3 heterocycles. The van der Waals surface area contributed by atoms with E-state index in [9.17, 15) is 9.59 Å². The summed E-state index contributed by atoms with van der Waals surface area (Å²) in [5, 5.41) is 11.2. The van der Waals surface area contributed by atoms with Crippen molar-refractivity contribution in [1.82, 2.24) is 19.7 Å². The molecule has 0 fully saturated rings. The largest absolute Gasteiger partial charge is 0.351 e. The summed E-state index contributed by atoms with van der Waals surface area (Å²) in [6, 6.07) is 13.8. The smallest absolute Gasteiger partial charge is 0.267 e. The van der Waals surface area contributed by atoms with Crippen molar-refractivity contribution in [3.05, 3.63) is 82.8 Å². The van der Waals surface area contributed by atoms with Crippen LogP contribution in [0.1, 0.15) is 44.0 Å². The molecule has 5 rings (SSSR count). The minimum Gasteiger partial charge on any atom is -0.351 e. The van der Waals surface area contributed by atoms with Crippen molar-refractivity contribution in [1.29, 1.82) is 0 Å². The summed E-state index contributed by atoms with van der Waals surface area (Å²) >= 11 is 0. The molecular formula is C25H25N5O2. The maximum atomic E-state index is 12.9. The summed E-state index contributed by atoms with van der Waals surface area (Å²) in [6.45, 7) is 6.21. The number of hydrogen-bond acceptors (Lipinski definition) is 3. The van der Waals surface area contributed by atoms with Crippen LogP contribution < -0.4 is 10.6 Å². The van der Waals surface area contributed by atoms with Crippen molar-refractivity contribution >= 4 is 28.4 Å². The minimum atomic E-state index is -0.202. The number of nitrogens with one attached hydrogen (secondary N) is 2. The minimum absolute atomic E-state index is 0.0686. The van der Waals surface area contributed by atoms with E-state index in [2.05, 4.69) is 47.8 Å². The molecule has 0 saturated heterocycles. The summed E-state index contributed by atoms with van der Waals surface area (Å²) in [6.07, 6.45) is 4.35. The molecule has 0 bridgehead atoms. The fourth-order valence-corrected chi connectivity index (χ4v) is 4.42. The summed E-state index contributed by atoms with van der Waals surface area (Å²) in [7, 11) is 0. The summed E-state index contributed by atoms with van der Waals surface area (Å²) in [5.74, 6) is -0.271. The zero-order valence-electron chi connectivity index (χ0n) is 18.2. The highest BCUT2D eigenvalue weighted by Crippen LogP contribution is 2.24. The molecule has 162 valence electrons. The third kappa shape index (κ3) is 3.89. The highest BCUT2D eigenvalue weighted by atomic mass is 16.2.